The number of benzene rings is 2. The van der Waals surface area contributed by atoms with Crippen LogP contribution >= 0.6 is 7.92 Å². The summed E-state index contributed by atoms with van der Waals surface area (Å²) in [4.78, 5) is 0. The van der Waals surface area contributed by atoms with Crippen LogP contribution in [-0.4, -0.2) is 40.6 Å². The van der Waals surface area contributed by atoms with Crippen LogP contribution in [0, 0.1) is 5.92 Å². The zero-order chi connectivity index (χ0) is 32.9. The Labute approximate surface area is 282 Å². The molecular formula is C39H69PSi4. The van der Waals surface area contributed by atoms with Crippen molar-refractivity contribution in [3.8, 4) is 0 Å². The van der Waals surface area contributed by atoms with Crippen LogP contribution in [-0.2, 0) is 0 Å². The summed E-state index contributed by atoms with van der Waals surface area (Å²) in [6.07, 6.45) is 16.4. The maximum absolute atomic E-state index is 3.99. The van der Waals surface area contributed by atoms with E-state index in [1.54, 1.807) is 0 Å². The summed E-state index contributed by atoms with van der Waals surface area (Å²) >= 11 is 0. The van der Waals surface area contributed by atoms with E-state index < -0.39 is 24.2 Å². The van der Waals surface area contributed by atoms with E-state index in [4.69, 9.17) is 0 Å². The van der Waals surface area contributed by atoms with Crippen molar-refractivity contribution in [2.45, 2.75) is 120 Å². The highest BCUT2D eigenvalue weighted by Gasteiger charge is 2.24. The lowest BCUT2D eigenvalue weighted by Crippen LogP contribution is -2.26. The second kappa shape index (κ2) is 22.5. The SMILES string of the molecule is C=CC[Si](C)(C)CCCC(CCC[Si](C)(C)CC=C)CC[Si](C)(C)CC=C.[SiH3]CCCP(c1ccccc1)c1ccccc1. The zero-order valence-electron chi connectivity index (χ0n) is 30.1. The van der Waals surface area contributed by atoms with Gasteiger partial charge in [-0.2, -0.15) is 0 Å². The van der Waals surface area contributed by atoms with Crippen LogP contribution in [0.4, 0.5) is 0 Å². The molecule has 0 aliphatic heterocycles. The predicted molar refractivity (Wildman–Crippen MR) is 222 cm³/mol. The second-order valence-electron chi connectivity index (χ2n) is 15.3. The topological polar surface area (TPSA) is 0 Å². The van der Waals surface area contributed by atoms with Crippen molar-refractivity contribution in [3.05, 3.63) is 98.6 Å². The molecular weight excluding hydrogens is 612 g/mol. The summed E-state index contributed by atoms with van der Waals surface area (Å²) < 4.78 is 0. The predicted octanol–water partition coefficient (Wildman–Crippen LogP) is 11.5. The Kier molecular flexibility index (Phi) is 20.9. The van der Waals surface area contributed by atoms with Gasteiger partial charge in [-0.15, -0.1) is 19.7 Å². The van der Waals surface area contributed by atoms with Crippen molar-refractivity contribution < 1.29 is 0 Å². The molecule has 0 spiro atoms. The van der Waals surface area contributed by atoms with Gasteiger partial charge in [0.1, 0.15) is 0 Å². The van der Waals surface area contributed by atoms with Crippen molar-refractivity contribution >= 4 is 53.0 Å². The summed E-state index contributed by atoms with van der Waals surface area (Å²) in [5.41, 5.74) is 0. The first-order valence-corrected chi connectivity index (χ1v) is 30.8. The number of rotatable bonds is 22. The van der Waals surface area contributed by atoms with Crippen molar-refractivity contribution in [2.24, 2.45) is 5.92 Å². The minimum atomic E-state index is -1.07. The minimum Gasteiger partial charge on any atom is -0.103 e. The van der Waals surface area contributed by atoms with E-state index in [1.807, 2.05) is 0 Å². The van der Waals surface area contributed by atoms with Crippen molar-refractivity contribution in [1.29, 1.82) is 0 Å². The lowest BCUT2D eigenvalue weighted by Gasteiger charge is -2.27. The van der Waals surface area contributed by atoms with E-state index in [-0.39, 0.29) is 7.92 Å². The molecule has 0 N–H and O–H groups in total. The summed E-state index contributed by atoms with van der Waals surface area (Å²) in [5, 5.41) is 3.03. The van der Waals surface area contributed by atoms with Crippen LogP contribution in [0.3, 0.4) is 0 Å². The molecule has 0 saturated heterocycles. The third-order valence-corrected chi connectivity index (χ3v) is 21.7. The fourth-order valence-electron chi connectivity index (χ4n) is 6.18. The third-order valence-electron chi connectivity index (χ3n) is 9.12. The standard InChI is InChI=1S/C24H50Si3.C15H19PSi/c1-10-18-25(4,5)21-13-15-24(17-23-27(8,9)20-12-3)16-14-22-26(6,7)19-11-2;17-13-7-12-16(14-8-3-1-4-9-14)15-10-5-2-6-11-15/h10-12,24H,1-3,13-23H2,4-9H3;1-6,8-11H,7,12-13H2,17H3. The van der Waals surface area contributed by atoms with Gasteiger partial charge in [0.2, 0.25) is 0 Å². The average Bonchev–Trinajstić information content (AvgIpc) is 2.97. The van der Waals surface area contributed by atoms with E-state index in [9.17, 15) is 0 Å². The molecule has 5 heteroatoms. The van der Waals surface area contributed by atoms with E-state index in [1.165, 1.54) is 108 Å². The van der Waals surface area contributed by atoms with Crippen molar-refractivity contribution in [2.75, 3.05) is 6.16 Å². The Morgan fingerprint density at radius 2 is 0.977 bits per heavy atom. The molecule has 0 aliphatic rings. The molecule has 2 aromatic carbocycles. The molecule has 0 heterocycles. The largest absolute Gasteiger partial charge is 0.103 e. The van der Waals surface area contributed by atoms with Crippen LogP contribution in [0.1, 0.15) is 38.5 Å². The maximum atomic E-state index is 3.99. The Morgan fingerprint density at radius 1 is 0.591 bits per heavy atom. The minimum absolute atomic E-state index is 0.135. The fraction of sp³-hybridized carbons (Fsp3) is 0.538. The molecule has 2 aromatic rings. The number of allylic oxidation sites excluding steroid dienone is 3. The van der Waals surface area contributed by atoms with Crippen molar-refractivity contribution in [3.63, 3.8) is 0 Å². The van der Waals surface area contributed by atoms with Crippen LogP contribution in [0.2, 0.25) is 81.6 Å². The summed E-state index contributed by atoms with van der Waals surface area (Å²) in [6, 6.07) is 31.7. The van der Waals surface area contributed by atoms with E-state index in [2.05, 4.69) is 138 Å². The second-order valence-corrected chi connectivity index (χ2v) is 34.4. The van der Waals surface area contributed by atoms with Gasteiger partial charge in [-0.3, -0.25) is 0 Å². The van der Waals surface area contributed by atoms with E-state index in [0.29, 0.717) is 0 Å². The van der Waals surface area contributed by atoms with Gasteiger partial charge < -0.3 is 0 Å². The summed E-state index contributed by atoms with van der Waals surface area (Å²) in [7, 11) is -1.96. The molecule has 0 unspecified atom stereocenters. The molecule has 44 heavy (non-hydrogen) atoms. The van der Waals surface area contributed by atoms with Gasteiger partial charge in [-0.1, -0.05) is 181 Å². The zero-order valence-corrected chi connectivity index (χ0v) is 35.9. The van der Waals surface area contributed by atoms with Gasteiger partial charge >= 0.3 is 0 Å². The molecule has 0 nitrogen and oxygen atoms in total. The van der Waals surface area contributed by atoms with Gasteiger partial charge in [-0.05, 0) is 48.7 Å². The lowest BCUT2D eigenvalue weighted by atomic mass is 9.96. The Morgan fingerprint density at radius 3 is 1.34 bits per heavy atom. The molecule has 2 rings (SSSR count). The molecule has 246 valence electrons. The van der Waals surface area contributed by atoms with Crippen LogP contribution < -0.4 is 10.6 Å². The average molecular weight is 681 g/mol. The van der Waals surface area contributed by atoms with Gasteiger partial charge in [0, 0.05) is 10.2 Å². The van der Waals surface area contributed by atoms with Crippen LogP contribution in [0.25, 0.3) is 0 Å². The lowest BCUT2D eigenvalue weighted by molar-refractivity contribution is 0.423. The molecule has 0 saturated carbocycles. The monoisotopic (exact) mass is 680 g/mol. The third kappa shape index (κ3) is 18.8. The van der Waals surface area contributed by atoms with Crippen LogP contribution in [0.5, 0.6) is 0 Å². The molecule has 0 bridgehead atoms. The molecule has 0 amide bonds. The molecule has 0 fully saturated rings. The first-order valence-electron chi connectivity index (χ1n) is 17.6. The Bertz CT molecular complexity index is 965. The summed E-state index contributed by atoms with van der Waals surface area (Å²) in [5.74, 6) is 0.948. The molecule has 0 aliphatic carbocycles. The van der Waals surface area contributed by atoms with Gasteiger partial charge in [0.15, 0.2) is 0 Å². The van der Waals surface area contributed by atoms with E-state index >= 15 is 0 Å². The first kappa shape index (κ1) is 41.0. The maximum Gasteiger partial charge on any atom is 0.0511 e. The summed E-state index contributed by atoms with van der Waals surface area (Å²) in [6.45, 7) is 27.2. The van der Waals surface area contributed by atoms with E-state index in [0.717, 1.165) is 5.92 Å². The molecule has 0 atom stereocenters. The van der Waals surface area contributed by atoms with Gasteiger partial charge in [0.05, 0.1) is 24.2 Å². The number of hydrogen-bond donors (Lipinski definition) is 0. The first-order chi connectivity index (χ1) is 20.9. The van der Waals surface area contributed by atoms with Crippen molar-refractivity contribution in [1.82, 2.24) is 0 Å². The highest BCUT2D eigenvalue weighted by Crippen LogP contribution is 2.34. The normalized spacial score (nSPS) is 12.2. The highest BCUT2D eigenvalue weighted by molar-refractivity contribution is 7.73. The van der Waals surface area contributed by atoms with Gasteiger partial charge in [0.25, 0.3) is 0 Å². The Balaban J connectivity index is 0.000000483. The molecule has 0 radical (unpaired) electrons. The molecule has 0 aromatic heterocycles. The Hall–Kier alpha value is -1.04. The smallest absolute Gasteiger partial charge is 0.0511 e. The van der Waals surface area contributed by atoms with Crippen LogP contribution in [0.15, 0.2) is 98.6 Å². The fourth-order valence-corrected chi connectivity index (χ4v) is 16.1. The quantitative estimate of drug-likeness (QED) is 0.0659. The van der Waals surface area contributed by atoms with Gasteiger partial charge in [-0.25, -0.2) is 0 Å². The number of hydrogen-bond acceptors (Lipinski definition) is 0. The highest BCUT2D eigenvalue weighted by atomic mass is 31.1.